The number of aromatic nitrogens is 2. The zero-order valence-electron chi connectivity index (χ0n) is 35.0. The Balaban J connectivity index is 1.62. The Kier molecular flexibility index (Phi) is 26.9. The third-order valence-electron chi connectivity index (χ3n) is 7.69. The van der Waals surface area contributed by atoms with E-state index in [4.69, 9.17) is 29.2 Å². The number of hydrogen-bond acceptors (Lipinski definition) is 29. The molecule has 3 N–H and O–H groups in total. The van der Waals surface area contributed by atoms with Crippen molar-refractivity contribution < 1.29 is 121 Å². The minimum Gasteiger partial charge on any atom is -0.756 e. The van der Waals surface area contributed by atoms with E-state index in [0.717, 1.165) is 10.8 Å². The highest BCUT2D eigenvalue weighted by Crippen LogP contribution is 2.70. The van der Waals surface area contributed by atoms with Gasteiger partial charge in [0.25, 0.3) is 52.5 Å². The van der Waals surface area contributed by atoms with Gasteiger partial charge in [0.15, 0.2) is 0 Å². The zero-order valence-corrected chi connectivity index (χ0v) is 40.3. The van der Waals surface area contributed by atoms with Crippen molar-refractivity contribution in [2.75, 3.05) is 79.2 Å². The number of azide groups is 1. The third-order valence-corrected chi connectivity index (χ3v) is 16.7. The number of ether oxygens (including phenoxy) is 5. The molecule has 40 heteroatoms. The van der Waals surface area contributed by atoms with Gasteiger partial charge in [-0.3, -0.25) is 46.5 Å². The van der Waals surface area contributed by atoms with Gasteiger partial charge in [-0.05, 0) is 25.3 Å². The molecule has 1 amide bonds. The fourth-order valence-corrected chi connectivity index (χ4v) is 12.4. The predicted molar refractivity (Wildman–Crippen MR) is 207 cm³/mol. The molecule has 1 aromatic rings. The molecule has 7 unspecified atom stereocenters. The molecule has 0 bridgehead atoms. The van der Waals surface area contributed by atoms with Gasteiger partial charge in [-0.25, -0.2) is 26.3 Å². The second-order valence-electron chi connectivity index (χ2n) is 13.0. The van der Waals surface area contributed by atoms with E-state index in [1.807, 2.05) is 4.98 Å². The molecule has 67 heavy (non-hydrogen) atoms. The molecule has 0 spiro atoms. The summed E-state index contributed by atoms with van der Waals surface area (Å²) in [5.74, 6) is -0.310. The van der Waals surface area contributed by atoms with Gasteiger partial charge in [-0.2, -0.15) is 0 Å². The lowest BCUT2D eigenvalue weighted by Crippen LogP contribution is -2.33. The number of aryl methyl sites for hydroxylation is 1. The van der Waals surface area contributed by atoms with Crippen molar-refractivity contribution in [1.29, 1.82) is 0 Å². The van der Waals surface area contributed by atoms with E-state index in [-0.39, 0.29) is 70.1 Å². The summed E-state index contributed by atoms with van der Waals surface area (Å²) >= 11 is 0. The van der Waals surface area contributed by atoms with Crippen LogP contribution in [0.2, 0.25) is 0 Å². The molecule has 2 heterocycles. The van der Waals surface area contributed by atoms with Gasteiger partial charge in [-0.1, -0.05) is 18.0 Å². The van der Waals surface area contributed by atoms with Gasteiger partial charge in [-0.15, -0.1) is 0 Å². The summed E-state index contributed by atoms with van der Waals surface area (Å²) < 4.78 is 124. The number of H-pyrrole nitrogens is 1. The van der Waals surface area contributed by atoms with E-state index < -0.39 is 89.8 Å². The van der Waals surface area contributed by atoms with Gasteiger partial charge in [0, 0.05) is 42.6 Å². The Labute approximate surface area is 379 Å². The topological polar surface area (TPSA) is 504 Å². The maximum atomic E-state index is 12.1. The lowest BCUT2D eigenvalue weighted by molar-refractivity contribution is -0.256. The Morgan fingerprint density at radius 1 is 0.761 bits per heavy atom. The van der Waals surface area contributed by atoms with Crippen LogP contribution >= 0.6 is 46.9 Å². The number of aliphatic hydroxyl groups is 1. The van der Waals surface area contributed by atoms with Crippen LogP contribution in [0.25, 0.3) is 10.4 Å². The average Bonchev–Trinajstić information content (AvgIpc) is 3.55. The minimum absolute atomic E-state index is 0.0418. The summed E-state index contributed by atoms with van der Waals surface area (Å²) in [4.78, 5) is 112. The molecule has 1 fully saturated rings. The van der Waals surface area contributed by atoms with E-state index >= 15 is 0 Å². The Morgan fingerprint density at radius 3 is 1.78 bits per heavy atom. The van der Waals surface area contributed by atoms with Crippen molar-refractivity contribution in [2.45, 2.75) is 63.9 Å². The van der Waals surface area contributed by atoms with Crippen molar-refractivity contribution >= 4 is 52.8 Å². The van der Waals surface area contributed by atoms with E-state index in [1.165, 1.54) is 6.92 Å². The number of amides is 1. The zero-order chi connectivity index (χ0) is 50.4. The molecule has 1 aromatic heterocycles. The number of phosphoric acid groups is 6. The predicted octanol–water partition coefficient (Wildman–Crippen LogP) is -2.14. The van der Waals surface area contributed by atoms with Gasteiger partial charge in [0.2, 0.25) is 5.91 Å². The first-order valence-corrected chi connectivity index (χ1v) is 27.9. The van der Waals surface area contributed by atoms with Crippen LogP contribution in [0.5, 0.6) is 0 Å². The Morgan fingerprint density at radius 2 is 1.24 bits per heavy atom. The summed E-state index contributed by atoms with van der Waals surface area (Å²) in [7, 11) is -39.5. The molecule has 1 aliphatic heterocycles. The van der Waals surface area contributed by atoms with Crippen LogP contribution in [-0.2, 0) is 86.5 Å². The van der Waals surface area contributed by atoms with Crippen molar-refractivity contribution in [3.05, 3.63) is 43.0 Å². The Hall–Kier alpha value is -1.92. The van der Waals surface area contributed by atoms with Crippen LogP contribution in [0.15, 0.2) is 20.9 Å². The number of aromatic amines is 1. The number of carbonyl (C=O) groups excluding carboxylic acids is 1. The first-order valence-electron chi connectivity index (χ1n) is 19.1. The molecular formula is C27H46N6O28P6-6. The fourth-order valence-electron chi connectivity index (χ4n) is 4.87. The lowest BCUT2D eigenvalue weighted by atomic mass is 10.2. The van der Waals surface area contributed by atoms with Crippen molar-refractivity contribution in [1.82, 2.24) is 14.9 Å². The molecule has 9 atom stereocenters. The molecular weight excluding hydrogens is 1040 g/mol. The third kappa shape index (κ3) is 27.3. The highest BCUT2D eigenvalue weighted by atomic mass is 31.3. The molecule has 0 saturated carbocycles. The number of nitrogens with zero attached hydrogens (tertiary/aromatic N) is 4. The Bertz CT molecular complexity index is 2190. The average molecular weight is 1090 g/mol. The number of nitrogens with one attached hydrogen (secondary N) is 2. The SMILES string of the molecule is Cc1cn([C@H]2CC(O)[C@@H](COP(=O)([O-])OP(=O)([O-])OP(=O)([O-])OP(=O)([O-])OP(=O)([O-])OP(=O)([O-])OCCCCCCNC(=O)CCOCCOCCOCCOCCN=[N+]=[N-])O2)c(=O)[nH]c1=O. The smallest absolute Gasteiger partial charge is 0.330 e. The van der Waals surface area contributed by atoms with Gasteiger partial charge < -0.3 is 72.5 Å². The summed E-state index contributed by atoms with van der Waals surface area (Å²) in [6.07, 6.45) is -2.68. The maximum absolute atomic E-state index is 12.1. The van der Waals surface area contributed by atoms with E-state index in [1.54, 1.807) is 0 Å². The quantitative estimate of drug-likeness (QED) is 0.0210. The normalized spacial score (nSPS) is 21.7. The maximum Gasteiger partial charge on any atom is 0.330 e. The first kappa shape index (κ1) is 61.2. The summed E-state index contributed by atoms with van der Waals surface area (Å²) in [5, 5.41) is 16.1. The molecule has 1 saturated heterocycles. The number of rotatable bonds is 37. The van der Waals surface area contributed by atoms with Crippen molar-refractivity contribution in [3.63, 3.8) is 0 Å². The number of hydrogen-bond donors (Lipinski definition) is 3. The highest BCUT2D eigenvalue weighted by molar-refractivity contribution is 7.71. The van der Waals surface area contributed by atoms with Crippen LogP contribution in [0.1, 0.15) is 50.3 Å². The van der Waals surface area contributed by atoms with E-state index in [2.05, 4.69) is 45.9 Å². The van der Waals surface area contributed by atoms with E-state index in [0.29, 0.717) is 45.9 Å². The number of phosphoric ester groups is 2. The number of carbonyl (C=O) groups is 1. The number of aliphatic hydroxyl groups excluding tert-OH is 1. The van der Waals surface area contributed by atoms with Crippen LogP contribution in [0, 0.1) is 6.92 Å². The molecule has 34 nitrogen and oxygen atoms in total. The van der Waals surface area contributed by atoms with Crippen LogP contribution < -0.4 is 45.9 Å². The number of unbranched alkanes of at least 4 members (excludes halogenated alkanes) is 3. The molecule has 388 valence electrons. The molecule has 0 aromatic carbocycles. The largest absolute Gasteiger partial charge is 0.756 e. The van der Waals surface area contributed by atoms with Gasteiger partial charge in [0.05, 0.1) is 72.2 Å². The first-order chi connectivity index (χ1) is 31.2. The van der Waals surface area contributed by atoms with Crippen LogP contribution in [0.3, 0.4) is 0 Å². The highest BCUT2D eigenvalue weighted by Gasteiger charge is 2.38. The van der Waals surface area contributed by atoms with Crippen LogP contribution in [0.4, 0.5) is 0 Å². The standard InChI is InChI=1S/C27H52N6O28P6/c1-21-19-33(27(37)31-26(21)36)25-18-22(34)23(56-25)20-55-63(40,41)58-65(44,45)60-67(48,49)61-66(46,47)59-64(42,43)57-62(38,39)54-9-5-3-2-4-7-29-24(35)6-10-50-12-14-52-16-17-53-15-13-51-11-8-30-32-28/h19,22-23,25,34H,2-18,20H2,1H3,(H,29,35)(H,38,39)(H,40,41)(H,42,43)(H,44,45)(H,46,47)(H,48,49)(H,31,36,37)/p-6/t22?,23-,25-/m1/s1. The molecule has 0 aliphatic carbocycles. The lowest BCUT2D eigenvalue weighted by Gasteiger charge is -2.38. The summed E-state index contributed by atoms with van der Waals surface area (Å²) in [6, 6.07) is 0. The summed E-state index contributed by atoms with van der Waals surface area (Å²) in [6.45, 7) is 2.09. The monoisotopic (exact) mass is 1090 g/mol. The van der Waals surface area contributed by atoms with Crippen LogP contribution in [-0.4, -0.2) is 112 Å². The molecule has 0 radical (unpaired) electrons. The van der Waals surface area contributed by atoms with Crippen molar-refractivity contribution in [2.24, 2.45) is 5.11 Å². The van der Waals surface area contributed by atoms with Crippen molar-refractivity contribution in [3.8, 4) is 0 Å². The molecule has 1 aliphatic rings. The fraction of sp³-hybridized carbons (Fsp3) is 0.815. The minimum atomic E-state index is -6.95. The van der Waals surface area contributed by atoms with Gasteiger partial charge in [0.1, 0.15) is 12.3 Å². The summed E-state index contributed by atoms with van der Waals surface area (Å²) in [5.41, 5.74) is 6.48. The van der Waals surface area contributed by atoms with Gasteiger partial charge >= 0.3 is 5.69 Å². The second-order valence-corrected chi connectivity index (χ2v) is 22.2. The van der Waals surface area contributed by atoms with E-state index in [9.17, 15) is 76.2 Å². The second kappa shape index (κ2) is 29.4. The molecule has 2 rings (SSSR count).